The van der Waals surface area contributed by atoms with E-state index in [1.54, 1.807) is 20.3 Å². The summed E-state index contributed by atoms with van der Waals surface area (Å²) in [5, 5.41) is 6.21. The van der Waals surface area contributed by atoms with Gasteiger partial charge < -0.3 is 20.1 Å². The lowest BCUT2D eigenvalue weighted by atomic mass is 10.1. The number of carbonyl (C=O) groups excluding carboxylic acids is 1. The van der Waals surface area contributed by atoms with Crippen LogP contribution in [0.4, 0.5) is 11.4 Å². The number of hydrogen-bond donors (Lipinski definition) is 2. The second-order valence-corrected chi connectivity index (χ2v) is 5.79. The fourth-order valence-electron chi connectivity index (χ4n) is 2.36. The first-order chi connectivity index (χ1) is 11.5. The molecule has 24 heavy (non-hydrogen) atoms. The van der Waals surface area contributed by atoms with Crippen LogP contribution in [0.15, 0.2) is 42.5 Å². The monoisotopic (exact) mass is 328 g/mol. The number of anilines is 2. The fourth-order valence-corrected chi connectivity index (χ4v) is 2.36. The van der Waals surface area contributed by atoms with E-state index < -0.39 is 0 Å². The van der Waals surface area contributed by atoms with E-state index in [4.69, 9.17) is 9.47 Å². The molecule has 0 aliphatic heterocycles. The van der Waals surface area contributed by atoms with Gasteiger partial charge in [-0.15, -0.1) is 0 Å². The van der Waals surface area contributed by atoms with Crippen LogP contribution < -0.4 is 20.1 Å². The molecule has 2 aromatic rings. The highest BCUT2D eigenvalue weighted by molar-refractivity contribution is 5.92. The molecule has 2 rings (SSSR count). The van der Waals surface area contributed by atoms with E-state index in [1.165, 1.54) is 0 Å². The molecule has 0 bridgehead atoms. The van der Waals surface area contributed by atoms with Gasteiger partial charge in [-0.2, -0.15) is 0 Å². The molecule has 0 radical (unpaired) electrons. The summed E-state index contributed by atoms with van der Waals surface area (Å²) in [7, 11) is 3.16. The maximum Gasteiger partial charge on any atom is 0.228 e. The van der Waals surface area contributed by atoms with Crippen molar-refractivity contribution in [1.29, 1.82) is 0 Å². The topological polar surface area (TPSA) is 59.6 Å². The molecule has 0 aliphatic carbocycles. The normalized spacial score (nSPS) is 10.4. The van der Waals surface area contributed by atoms with Gasteiger partial charge in [0, 0.05) is 17.4 Å². The summed E-state index contributed by atoms with van der Waals surface area (Å²) >= 11 is 0. The van der Waals surface area contributed by atoms with Gasteiger partial charge in [-0.25, -0.2) is 0 Å². The molecule has 0 aliphatic rings. The number of benzene rings is 2. The largest absolute Gasteiger partial charge is 0.493 e. The quantitative estimate of drug-likeness (QED) is 0.813. The SMILES string of the molecule is COc1ccc(CC(=O)Nc2ccc(NC(C)C)cc2)cc1OC. The summed E-state index contributed by atoms with van der Waals surface area (Å²) in [5.74, 6) is 1.19. The van der Waals surface area contributed by atoms with E-state index in [2.05, 4.69) is 24.5 Å². The molecule has 0 saturated carbocycles. The van der Waals surface area contributed by atoms with Crippen molar-refractivity contribution < 1.29 is 14.3 Å². The van der Waals surface area contributed by atoms with Gasteiger partial charge in [0.1, 0.15) is 0 Å². The van der Waals surface area contributed by atoms with Crippen LogP contribution in [0.5, 0.6) is 11.5 Å². The molecular weight excluding hydrogens is 304 g/mol. The molecule has 2 aromatic carbocycles. The van der Waals surface area contributed by atoms with Crippen LogP contribution in [-0.4, -0.2) is 26.2 Å². The first-order valence-electron chi connectivity index (χ1n) is 7.89. The lowest BCUT2D eigenvalue weighted by molar-refractivity contribution is -0.115. The van der Waals surface area contributed by atoms with E-state index in [1.807, 2.05) is 36.4 Å². The van der Waals surface area contributed by atoms with Crippen molar-refractivity contribution in [2.45, 2.75) is 26.3 Å². The highest BCUT2D eigenvalue weighted by Crippen LogP contribution is 2.27. The van der Waals surface area contributed by atoms with Crippen LogP contribution in [0.25, 0.3) is 0 Å². The van der Waals surface area contributed by atoms with Crippen molar-refractivity contribution in [3.8, 4) is 11.5 Å². The highest BCUT2D eigenvalue weighted by Gasteiger charge is 2.09. The first kappa shape index (κ1) is 17.7. The minimum atomic E-state index is -0.0770. The Balaban J connectivity index is 1.98. The minimum Gasteiger partial charge on any atom is -0.493 e. The molecule has 1 amide bonds. The standard InChI is InChI=1S/C19H24N2O3/c1-13(2)20-15-6-8-16(9-7-15)21-19(22)12-14-5-10-17(23-3)18(11-14)24-4/h5-11,13,20H,12H2,1-4H3,(H,21,22). The lowest BCUT2D eigenvalue weighted by Gasteiger charge is -2.12. The van der Waals surface area contributed by atoms with Crippen molar-refractivity contribution in [2.24, 2.45) is 0 Å². The molecule has 2 N–H and O–H groups in total. The van der Waals surface area contributed by atoms with E-state index in [-0.39, 0.29) is 12.3 Å². The van der Waals surface area contributed by atoms with Crippen molar-refractivity contribution in [3.05, 3.63) is 48.0 Å². The van der Waals surface area contributed by atoms with Gasteiger partial charge in [-0.3, -0.25) is 4.79 Å². The number of nitrogens with one attached hydrogen (secondary N) is 2. The Hall–Kier alpha value is -2.69. The predicted molar refractivity (Wildman–Crippen MR) is 97.1 cm³/mol. The Morgan fingerprint density at radius 2 is 1.58 bits per heavy atom. The molecule has 0 heterocycles. The van der Waals surface area contributed by atoms with E-state index >= 15 is 0 Å². The van der Waals surface area contributed by atoms with Gasteiger partial charge in [0.25, 0.3) is 0 Å². The van der Waals surface area contributed by atoms with Gasteiger partial charge in [-0.1, -0.05) is 6.07 Å². The minimum absolute atomic E-state index is 0.0770. The molecule has 0 saturated heterocycles. The molecule has 0 atom stereocenters. The smallest absolute Gasteiger partial charge is 0.228 e. The Bertz CT molecular complexity index is 682. The van der Waals surface area contributed by atoms with E-state index in [0.29, 0.717) is 17.5 Å². The number of hydrogen-bond acceptors (Lipinski definition) is 4. The fraction of sp³-hybridized carbons (Fsp3) is 0.316. The van der Waals surface area contributed by atoms with Gasteiger partial charge in [-0.05, 0) is 55.8 Å². The Labute approximate surface area is 143 Å². The van der Waals surface area contributed by atoms with Crippen LogP contribution >= 0.6 is 0 Å². The molecule has 5 heteroatoms. The summed E-state index contributed by atoms with van der Waals surface area (Å²) in [4.78, 5) is 12.2. The molecule has 0 aromatic heterocycles. The molecule has 5 nitrogen and oxygen atoms in total. The molecule has 0 unspecified atom stereocenters. The van der Waals surface area contributed by atoms with E-state index in [0.717, 1.165) is 16.9 Å². The van der Waals surface area contributed by atoms with Crippen molar-refractivity contribution in [1.82, 2.24) is 0 Å². The summed E-state index contributed by atoms with van der Waals surface area (Å²) in [6.45, 7) is 4.16. The lowest BCUT2D eigenvalue weighted by Crippen LogP contribution is -2.14. The highest BCUT2D eigenvalue weighted by atomic mass is 16.5. The zero-order valence-electron chi connectivity index (χ0n) is 14.6. The van der Waals surface area contributed by atoms with Gasteiger partial charge in [0.15, 0.2) is 11.5 Å². The second kappa shape index (κ2) is 8.24. The molecule has 0 fully saturated rings. The third kappa shape index (κ3) is 4.91. The number of methoxy groups -OCH3 is 2. The Morgan fingerprint density at radius 1 is 0.958 bits per heavy atom. The van der Waals surface area contributed by atoms with Gasteiger partial charge in [0.2, 0.25) is 5.91 Å². The van der Waals surface area contributed by atoms with Crippen LogP contribution in [0.3, 0.4) is 0 Å². The zero-order valence-corrected chi connectivity index (χ0v) is 14.6. The number of amides is 1. The molecule has 128 valence electrons. The third-order valence-electron chi connectivity index (χ3n) is 3.44. The zero-order chi connectivity index (χ0) is 17.5. The summed E-state index contributed by atoms with van der Waals surface area (Å²) in [6.07, 6.45) is 0.270. The average molecular weight is 328 g/mol. The number of carbonyl (C=O) groups is 1. The number of ether oxygens (including phenoxy) is 2. The van der Waals surface area contributed by atoms with Crippen LogP contribution in [0.2, 0.25) is 0 Å². The number of rotatable bonds is 7. The Kier molecular flexibility index (Phi) is 6.07. The Morgan fingerprint density at radius 3 is 2.17 bits per heavy atom. The maximum atomic E-state index is 12.2. The average Bonchev–Trinajstić information content (AvgIpc) is 2.56. The summed E-state index contributed by atoms with van der Waals surface area (Å²) in [6, 6.07) is 13.5. The summed E-state index contributed by atoms with van der Waals surface area (Å²) < 4.78 is 10.5. The second-order valence-electron chi connectivity index (χ2n) is 5.79. The van der Waals surface area contributed by atoms with Gasteiger partial charge in [0.05, 0.1) is 20.6 Å². The third-order valence-corrected chi connectivity index (χ3v) is 3.44. The summed E-state index contributed by atoms with van der Waals surface area (Å²) in [5.41, 5.74) is 2.67. The molecular formula is C19H24N2O3. The van der Waals surface area contributed by atoms with Crippen LogP contribution in [-0.2, 0) is 11.2 Å². The maximum absolute atomic E-state index is 12.2. The van der Waals surface area contributed by atoms with Crippen LogP contribution in [0, 0.1) is 0 Å². The van der Waals surface area contributed by atoms with Crippen molar-refractivity contribution in [2.75, 3.05) is 24.9 Å². The van der Waals surface area contributed by atoms with Crippen molar-refractivity contribution in [3.63, 3.8) is 0 Å². The first-order valence-corrected chi connectivity index (χ1v) is 7.89. The van der Waals surface area contributed by atoms with Crippen molar-refractivity contribution >= 4 is 17.3 Å². The predicted octanol–water partition coefficient (Wildman–Crippen LogP) is 3.71. The molecule has 0 spiro atoms. The van der Waals surface area contributed by atoms with Crippen LogP contribution in [0.1, 0.15) is 19.4 Å². The van der Waals surface area contributed by atoms with Gasteiger partial charge >= 0.3 is 0 Å². The van der Waals surface area contributed by atoms with E-state index in [9.17, 15) is 4.79 Å².